The van der Waals surface area contributed by atoms with Gasteiger partial charge in [0.2, 0.25) is 11.8 Å². The van der Waals surface area contributed by atoms with E-state index in [0.717, 1.165) is 39.1 Å². The van der Waals surface area contributed by atoms with E-state index in [1.165, 1.54) is 6.92 Å². The smallest absolute Gasteiger partial charge is 0.423 e. The summed E-state index contributed by atoms with van der Waals surface area (Å²) >= 11 is 0. The zero-order valence-corrected chi connectivity index (χ0v) is 24.7. The Kier molecular flexibility index (Phi) is 12.0. The van der Waals surface area contributed by atoms with Gasteiger partial charge in [0.25, 0.3) is 0 Å². The van der Waals surface area contributed by atoms with Crippen molar-refractivity contribution in [1.82, 2.24) is 21.3 Å². The fourth-order valence-electron chi connectivity index (χ4n) is 4.74. The largest absolute Gasteiger partial charge is 0.488 e. The molecule has 0 unspecified atom stereocenters. The number of nitrogens with one attached hydrogen (secondary N) is 4. The van der Waals surface area contributed by atoms with Crippen LogP contribution in [0, 0.1) is 0 Å². The number of rotatable bonds is 16. The van der Waals surface area contributed by atoms with Crippen LogP contribution in [0.3, 0.4) is 0 Å². The van der Waals surface area contributed by atoms with E-state index in [4.69, 9.17) is 0 Å². The molecule has 3 aromatic carbocycles. The summed E-state index contributed by atoms with van der Waals surface area (Å²) in [4.78, 5) is 35.8. The maximum atomic E-state index is 12.3. The number of carbonyl (C=O) groups is 3. The molecule has 10 heteroatoms. The molecule has 0 spiro atoms. The third-order valence-electron chi connectivity index (χ3n) is 7.08. The van der Waals surface area contributed by atoms with Crippen LogP contribution in [-0.2, 0) is 22.7 Å². The minimum atomic E-state index is -1.62. The van der Waals surface area contributed by atoms with Gasteiger partial charge in [0.1, 0.15) is 0 Å². The molecule has 9 nitrogen and oxygen atoms in total. The normalized spacial score (nSPS) is 11.0. The molecule has 0 aliphatic heterocycles. The maximum absolute atomic E-state index is 12.3. The van der Waals surface area contributed by atoms with Crippen molar-refractivity contribution in [1.29, 1.82) is 0 Å². The fourth-order valence-corrected chi connectivity index (χ4v) is 4.74. The van der Waals surface area contributed by atoms with Gasteiger partial charge in [0, 0.05) is 42.9 Å². The standard InChI is InChI=1S/C32H41BN4O5/c1-20(2)31(39)36-14-6-12-34-18-29-25-10-8-23(22(5)38)16-27(25)30(19-35-13-7-15-37-32(40)21(3)4)28-17-24(33(41)42)9-11-26(28)29/h8-11,16-17,34-35,41-42H,1,3,6-7,12-15,18-19H2,2,4-5H3,(H,36,39)(H,37,40). The van der Waals surface area contributed by atoms with Crippen molar-refractivity contribution in [2.75, 3.05) is 26.2 Å². The molecule has 0 saturated heterocycles. The molecule has 222 valence electrons. The lowest BCUT2D eigenvalue weighted by Crippen LogP contribution is -2.30. The molecule has 0 saturated carbocycles. The van der Waals surface area contributed by atoms with E-state index in [9.17, 15) is 24.4 Å². The van der Waals surface area contributed by atoms with Crippen LogP contribution in [0.2, 0.25) is 0 Å². The van der Waals surface area contributed by atoms with Crippen molar-refractivity contribution in [2.45, 2.75) is 46.7 Å². The molecule has 0 aliphatic carbocycles. The predicted molar refractivity (Wildman–Crippen MR) is 170 cm³/mol. The molecule has 42 heavy (non-hydrogen) atoms. The van der Waals surface area contributed by atoms with Crippen LogP contribution in [0.25, 0.3) is 21.5 Å². The summed E-state index contributed by atoms with van der Waals surface area (Å²) in [6.07, 6.45) is 1.45. The summed E-state index contributed by atoms with van der Waals surface area (Å²) in [5.74, 6) is -0.365. The highest BCUT2D eigenvalue weighted by molar-refractivity contribution is 6.59. The van der Waals surface area contributed by atoms with Gasteiger partial charge in [-0.3, -0.25) is 14.4 Å². The van der Waals surface area contributed by atoms with E-state index in [2.05, 4.69) is 34.4 Å². The summed E-state index contributed by atoms with van der Waals surface area (Å²) < 4.78 is 0. The van der Waals surface area contributed by atoms with Crippen LogP contribution < -0.4 is 26.7 Å². The summed E-state index contributed by atoms with van der Waals surface area (Å²) in [5.41, 5.74) is 3.89. The van der Waals surface area contributed by atoms with Crippen molar-refractivity contribution in [3.63, 3.8) is 0 Å². The average Bonchev–Trinajstić information content (AvgIpc) is 2.95. The topological polar surface area (TPSA) is 140 Å². The highest BCUT2D eigenvalue weighted by atomic mass is 16.4. The minimum Gasteiger partial charge on any atom is -0.423 e. The van der Waals surface area contributed by atoms with Crippen LogP contribution in [0.1, 0.15) is 55.1 Å². The maximum Gasteiger partial charge on any atom is 0.488 e. The number of benzene rings is 3. The highest BCUT2D eigenvalue weighted by Gasteiger charge is 2.18. The minimum absolute atomic E-state index is 0.0415. The first-order valence-corrected chi connectivity index (χ1v) is 14.2. The molecular weight excluding hydrogens is 531 g/mol. The molecule has 0 aromatic heterocycles. The van der Waals surface area contributed by atoms with Gasteiger partial charge in [-0.2, -0.15) is 0 Å². The van der Waals surface area contributed by atoms with Crippen LogP contribution in [0.4, 0.5) is 0 Å². The Hall–Kier alpha value is -3.83. The number of hydrogen-bond donors (Lipinski definition) is 6. The molecular formula is C32H41BN4O5. The molecule has 0 radical (unpaired) electrons. The van der Waals surface area contributed by atoms with Gasteiger partial charge in [-0.15, -0.1) is 0 Å². The van der Waals surface area contributed by atoms with Crippen LogP contribution in [-0.4, -0.2) is 60.9 Å². The SMILES string of the molecule is C=C(C)C(=O)NCCCNCc1c2ccc(B(O)O)cc2c(CNCCCNC(=O)C(=C)C)c2cc(C(C)=O)ccc12. The first-order chi connectivity index (χ1) is 20.0. The van der Waals surface area contributed by atoms with Crippen LogP contribution in [0.5, 0.6) is 0 Å². The second kappa shape index (κ2) is 15.4. The molecule has 3 aromatic rings. The number of carbonyl (C=O) groups excluding carboxylic acids is 3. The number of hydrogen-bond acceptors (Lipinski definition) is 7. The quantitative estimate of drug-likeness (QED) is 0.0509. The monoisotopic (exact) mass is 572 g/mol. The number of Topliss-reactive ketones (excluding diaryl/α,β-unsaturated/α-hetero) is 1. The molecule has 0 atom stereocenters. The van der Waals surface area contributed by atoms with Gasteiger partial charge in [0.05, 0.1) is 0 Å². The lowest BCUT2D eigenvalue weighted by molar-refractivity contribution is -0.118. The van der Waals surface area contributed by atoms with E-state index in [-0.39, 0.29) is 17.6 Å². The second-order valence-electron chi connectivity index (χ2n) is 10.6. The molecule has 0 fully saturated rings. The Bertz CT molecular complexity index is 1500. The Morgan fingerprint density at radius 1 is 0.690 bits per heavy atom. The number of amides is 2. The first-order valence-electron chi connectivity index (χ1n) is 14.2. The molecule has 2 amide bonds. The third-order valence-corrected chi connectivity index (χ3v) is 7.08. The summed E-state index contributed by atoms with van der Waals surface area (Å²) in [6, 6.07) is 11.1. The van der Waals surface area contributed by atoms with E-state index >= 15 is 0 Å². The Balaban J connectivity index is 1.92. The average molecular weight is 573 g/mol. The van der Waals surface area contributed by atoms with Gasteiger partial charge >= 0.3 is 7.12 Å². The first kappa shape index (κ1) is 32.7. The van der Waals surface area contributed by atoms with Gasteiger partial charge in [-0.1, -0.05) is 43.5 Å². The zero-order chi connectivity index (χ0) is 30.8. The molecule has 0 aliphatic rings. The lowest BCUT2D eigenvalue weighted by Gasteiger charge is -2.19. The third kappa shape index (κ3) is 8.59. The zero-order valence-electron chi connectivity index (χ0n) is 24.7. The number of fused-ring (bicyclic) bond motifs is 2. The Morgan fingerprint density at radius 3 is 1.64 bits per heavy atom. The molecule has 6 N–H and O–H groups in total. The molecule has 0 bridgehead atoms. The van der Waals surface area contributed by atoms with Gasteiger partial charge in [-0.25, -0.2) is 0 Å². The van der Waals surface area contributed by atoms with E-state index in [0.29, 0.717) is 67.9 Å². The molecule has 0 heterocycles. The number of ketones is 1. The highest BCUT2D eigenvalue weighted by Crippen LogP contribution is 2.33. The Morgan fingerprint density at radius 2 is 1.17 bits per heavy atom. The summed E-state index contributed by atoms with van der Waals surface area (Å²) in [6.45, 7) is 15.5. The second-order valence-corrected chi connectivity index (χ2v) is 10.6. The summed E-state index contributed by atoms with van der Waals surface area (Å²) in [7, 11) is -1.62. The van der Waals surface area contributed by atoms with Gasteiger partial charge in [-0.05, 0) is 90.9 Å². The van der Waals surface area contributed by atoms with Crippen molar-refractivity contribution < 1.29 is 24.4 Å². The lowest BCUT2D eigenvalue weighted by atomic mass is 9.78. The van der Waals surface area contributed by atoms with Crippen molar-refractivity contribution in [3.8, 4) is 0 Å². The Labute approximate surface area is 247 Å². The van der Waals surface area contributed by atoms with Crippen molar-refractivity contribution in [3.05, 3.63) is 77.4 Å². The fraction of sp³-hybridized carbons (Fsp3) is 0.344. The summed E-state index contributed by atoms with van der Waals surface area (Å²) in [5, 5.41) is 36.2. The van der Waals surface area contributed by atoms with Gasteiger partial charge < -0.3 is 31.3 Å². The van der Waals surface area contributed by atoms with Crippen LogP contribution in [0.15, 0.2) is 60.7 Å². The van der Waals surface area contributed by atoms with Gasteiger partial charge in [0.15, 0.2) is 5.78 Å². The van der Waals surface area contributed by atoms with Crippen molar-refractivity contribution in [2.24, 2.45) is 0 Å². The van der Waals surface area contributed by atoms with E-state index in [1.54, 1.807) is 26.0 Å². The molecule has 3 rings (SSSR count). The van der Waals surface area contributed by atoms with E-state index in [1.807, 2.05) is 24.3 Å². The van der Waals surface area contributed by atoms with Crippen LogP contribution >= 0.6 is 0 Å². The predicted octanol–water partition coefficient (Wildman–Crippen LogP) is 2.22. The van der Waals surface area contributed by atoms with E-state index < -0.39 is 7.12 Å². The van der Waals surface area contributed by atoms with Crippen molar-refractivity contribution >= 4 is 51.7 Å².